The minimum atomic E-state index is -0.304. The van der Waals surface area contributed by atoms with Crippen molar-refractivity contribution in [1.82, 2.24) is 0 Å². The predicted octanol–water partition coefficient (Wildman–Crippen LogP) is 3.02. The van der Waals surface area contributed by atoms with Crippen molar-refractivity contribution in [1.29, 1.82) is 0 Å². The molecule has 0 aliphatic carbocycles. The average molecular weight is 211 g/mol. The molecule has 1 rings (SSSR count). The summed E-state index contributed by atoms with van der Waals surface area (Å²) in [5.41, 5.74) is 6.15. The first-order valence-electron chi connectivity index (χ1n) is 5.03. The monoisotopic (exact) mass is 211 g/mol. The van der Waals surface area contributed by atoms with Crippen LogP contribution in [0, 0.1) is 5.82 Å². The van der Waals surface area contributed by atoms with Gasteiger partial charge in [-0.3, -0.25) is 0 Å². The summed E-state index contributed by atoms with van der Waals surface area (Å²) in [7, 11) is 0. The van der Waals surface area contributed by atoms with Gasteiger partial charge in [-0.15, -0.1) is 0 Å². The fraction of sp³-hybridized carbons (Fsp3) is 0.500. The molecule has 2 N–H and O–H groups in total. The van der Waals surface area contributed by atoms with Crippen LogP contribution in [0.5, 0.6) is 5.75 Å². The predicted molar refractivity (Wildman–Crippen MR) is 59.4 cm³/mol. The van der Waals surface area contributed by atoms with Gasteiger partial charge in [0.2, 0.25) is 0 Å². The zero-order valence-corrected chi connectivity index (χ0v) is 9.67. The lowest BCUT2D eigenvalue weighted by Crippen LogP contribution is -2.24. The van der Waals surface area contributed by atoms with Gasteiger partial charge in [0.15, 0.2) is 0 Å². The van der Waals surface area contributed by atoms with E-state index in [0.29, 0.717) is 11.3 Å². The molecule has 1 aromatic rings. The first-order chi connectivity index (χ1) is 6.79. The van der Waals surface area contributed by atoms with Gasteiger partial charge >= 0.3 is 0 Å². The van der Waals surface area contributed by atoms with E-state index in [0.717, 1.165) is 0 Å². The maximum Gasteiger partial charge on any atom is 0.125 e. The smallest absolute Gasteiger partial charge is 0.125 e. The molecule has 84 valence electrons. The van der Waals surface area contributed by atoms with Crippen molar-refractivity contribution in [3.63, 3.8) is 0 Å². The highest BCUT2D eigenvalue weighted by atomic mass is 19.1. The Labute approximate surface area is 90.2 Å². The third-order valence-corrected chi connectivity index (χ3v) is 1.88. The minimum absolute atomic E-state index is 0.238. The molecule has 0 spiro atoms. The average Bonchev–Trinajstić information content (AvgIpc) is 2.05. The lowest BCUT2D eigenvalue weighted by atomic mass is 10.1. The van der Waals surface area contributed by atoms with E-state index in [1.807, 2.05) is 27.7 Å². The van der Waals surface area contributed by atoms with Gasteiger partial charge in [0, 0.05) is 11.6 Å². The number of hydrogen-bond donors (Lipinski definition) is 1. The quantitative estimate of drug-likeness (QED) is 0.816. The molecule has 0 saturated heterocycles. The molecule has 1 aromatic carbocycles. The Kier molecular flexibility index (Phi) is 3.35. The van der Waals surface area contributed by atoms with Crippen LogP contribution in [0.3, 0.4) is 0 Å². The first-order valence-corrected chi connectivity index (χ1v) is 5.03. The Balaban J connectivity index is 3.06. The second kappa shape index (κ2) is 4.19. The summed E-state index contributed by atoms with van der Waals surface area (Å²) in [6, 6.07) is 4.19. The molecule has 0 fully saturated rings. The third-order valence-electron chi connectivity index (χ3n) is 1.88. The molecule has 0 aliphatic heterocycles. The highest BCUT2D eigenvalue weighted by Crippen LogP contribution is 2.27. The van der Waals surface area contributed by atoms with Gasteiger partial charge in [-0.1, -0.05) is 0 Å². The van der Waals surface area contributed by atoms with Crippen molar-refractivity contribution in [3.8, 4) is 5.75 Å². The standard InChI is InChI=1S/C12H18FNO/c1-8(14)10-7-9(13)5-6-11(10)15-12(2,3)4/h5-8H,14H2,1-4H3. The van der Waals surface area contributed by atoms with Crippen LogP contribution in [-0.4, -0.2) is 5.60 Å². The van der Waals surface area contributed by atoms with Crippen molar-refractivity contribution in [2.24, 2.45) is 5.73 Å². The van der Waals surface area contributed by atoms with Crippen molar-refractivity contribution in [2.75, 3.05) is 0 Å². The number of hydrogen-bond acceptors (Lipinski definition) is 2. The van der Waals surface area contributed by atoms with Crippen LogP contribution in [-0.2, 0) is 0 Å². The lowest BCUT2D eigenvalue weighted by Gasteiger charge is -2.24. The van der Waals surface area contributed by atoms with Crippen LogP contribution >= 0.6 is 0 Å². The maximum absolute atomic E-state index is 13.0. The van der Waals surface area contributed by atoms with E-state index >= 15 is 0 Å². The molecule has 0 saturated carbocycles. The zero-order chi connectivity index (χ0) is 11.6. The van der Waals surface area contributed by atoms with Crippen LogP contribution in [0.2, 0.25) is 0 Å². The van der Waals surface area contributed by atoms with E-state index in [1.54, 1.807) is 6.07 Å². The lowest BCUT2D eigenvalue weighted by molar-refractivity contribution is 0.128. The molecule has 1 unspecified atom stereocenters. The van der Waals surface area contributed by atoms with Gasteiger partial charge in [-0.2, -0.15) is 0 Å². The normalized spacial score (nSPS) is 13.7. The summed E-state index contributed by atoms with van der Waals surface area (Å²) >= 11 is 0. The topological polar surface area (TPSA) is 35.2 Å². The second-order valence-corrected chi connectivity index (χ2v) is 4.69. The Morgan fingerprint density at radius 1 is 1.33 bits per heavy atom. The molecule has 0 aliphatic rings. The van der Waals surface area contributed by atoms with Crippen molar-refractivity contribution in [2.45, 2.75) is 39.3 Å². The van der Waals surface area contributed by atoms with Gasteiger partial charge in [-0.25, -0.2) is 4.39 Å². The van der Waals surface area contributed by atoms with E-state index in [1.165, 1.54) is 12.1 Å². The summed E-state index contributed by atoms with van der Waals surface area (Å²) in [6.07, 6.45) is 0. The van der Waals surface area contributed by atoms with Crippen LogP contribution in [0.15, 0.2) is 18.2 Å². The summed E-state index contributed by atoms with van der Waals surface area (Å²) in [5, 5.41) is 0. The Hall–Kier alpha value is -1.09. The van der Waals surface area contributed by atoms with E-state index in [4.69, 9.17) is 10.5 Å². The zero-order valence-electron chi connectivity index (χ0n) is 9.67. The summed E-state index contributed by atoms with van der Waals surface area (Å²) < 4.78 is 18.7. The van der Waals surface area contributed by atoms with Crippen molar-refractivity contribution in [3.05, 3.63) is 29.6 Å². The van der Waals surface area contributed by atoms with Gasteiger partial charge in [0.25, 0.3) is 0 Å². The molecular formula is C12H18FNO. The molecule has 2 nitrogen and oxygen atoms in total. The molecule has 0 radical (unpaired) electrons. The third kappa shape index (κ3) is 3.51. The first kappa shape index (κ1) is 12.0. The molecule has 3 heteroatoms. The minimum Gasteiger partial charge on any atom is -0.488 e. The summed E-state index contributed by atoms with van der Waals surface area (Å²) in [5.74, 6) is 0.363. The molecule has 1 atom stereocenters. The number of nitrogens with two attached hydrogens (primary N) is 1. The largest absolute Gasteiger partial charge is 0.488 e. The number of ether oxygens (including phenoxy) is 1. The summed E-state index contributed by atoms with van der Waals surface area (Å²) in [6.45, 7) is 7.65. The van der Waals surface area contributed by atoms with E-state index < -0.39 is 0 Å². The Morgan fingerprint density at radius 3 is 2.40 bits per heavy atom. The highest BCUT2D eigenvalue weighted by Gasteiger charge is 2.16. The van der Waals surface area contributed by atoms with E-state index in [-0.39, 0.29) is 17.5 Å². The number of benzene rings is 1. The molecule has 0 aromatic heterocycles. The van der Waals surface area contributed by atoms with Gasteiger partial charge in [0.05, 0.1) is 0 Å². The maximum atomic E-state index is 13.0. The molecule has 0 amide bonds. The van der Waals surface area contributed by atoms with Gasteiger partial charge in [0.1, 0.15) is 17.2 Å². The molecule has 0 heterocycles. The summed E-state index contributed by atoms with van der Waals surface area (Å²) in [4.78, 5) is 0. The van der Waals surface area contributed by atoms with Crippen molar-refractivity contribution >= 4 is 0 Å². The fourth-order valence-electron chi connectivity index (χ4n) is 1.30. The van der Waals surface area contributed by atoms with Crippen molar-refractivity contribution < 1.29 is 9.13 Å². The van der Waals surface area contributed by atoms with Gasteiger partial charge in [-0.05, 0) is 45.9 Å². The van der Waals surface area contributed by atoms with Crippen LogP contribution < -0.4 is 10.5 Å². The Bertz CT molecular complexity index is 342. The molecule has 0 bridgehead atoms. The Morgan fingerprint density at radius 2 is 1.93 bits per heavy atom. The van der Waals surface area contributed by atoms with Gasteiger partial charge < -0.3 is 10.5 Å². The molecular weight excluding hydrogens is 193 g/mol. The SMILES string of the molecule is CC(N)c1cc(F)ccc1OC(C)(C)C. The van der Waals surface area contributed by atoms with Crippen LogP contribution in [0.1, 0.15) is 39.3 Å². The number of rotatable bonds is 2. The van der Waals surface area contributed by atoms with E-state index in [2.05, 4.69) is 0 Å². The van der Waals surface area contributed by atoms with Crippen LogP contribution in [0.25, 0.3) is 0 Å². The number of halogens is 1. The molecule has 15 heavy (non-hydrogen) atoms. The highest BCUT2D eigenvalue weighted by molar-refractivity contribution is 5.36. The fourth-order valence-corrected chi connectivity index (χ4v) is 1.30. The second-order valence-electron chi connectivity index (χ2n) is 4.69. The van der Waals surface area contributed by atoms with E-state index in [9.17, 15) is 4.39 Å². The van der Waals surface area contributed by atoms with Crippen LogP contribution in [0.4, 0.5) is 4.39 Å².